The van der Waals surface area contributed by atoms with Crippen LogP contribution in [0.3, 0.4) is 0 Å². The first-order chi connectivity index (χ1) is 62.3. The van der Waals surface area contributed by atoms with Crippen LogP contribution in [0.25, 0.3) is 43.1 Å². The molecule has 6 aliphatic heterocycles. The first-order valence-electron chi connectivity index (χ1n) is 43.6. The van der Waals surface area contributed by atoms with Crippen LogP contribution in [0.2, 0.25) is 0 Å². The number of ether oxygens (including phenoxy) is 12. The van der Waals surface area contributed by atoms with E-state index in [2.05, 4.69) is 84.9 Å². The summed E-state index contributed by atoms with van der Waals surface area (Å²) >= 11 is 0. The van der Waals surface area contributed by atoms with Crippen molar-refractivity contribution in [3.05, 3.63) is 404 Å². The van der Waals surface area contributed by atoms with Gasteiger partial charge in [0, 0.05) is 69.9 Å². The van der Waals surface area contributed by atoms with E-state index in [4.69, 9.17) is 56.8 Å². The third-order valence-electron chi connectivity index (χ3n) is 20.9. The Morgan fingerprint density at radius 2 is 0.431 bits per heavy atom. The van der Waals surface area contributed by atoms with Crippen molar-refractivity contribution in [2.45, 2.75) is 199 Å². The molecule has 0 aromatic heterocycles. The summed E-state index contributed by atoms with van der Waals surface area (Å²) in [4.78, 5) is 68.9. The second kappa shape index (κ2) is 46.6. The molecular formula is C112H116O18. The lowest BCUT2D eigenvalue weighted by molar-refractivity contribution is -0.167. The molecule has 672 valence electrons. The van der Waals surface area contributed by atoms with Crippen molar-refractivity contribution in [2.24, 2.45) is 0 Å². The highest BCUT2D eigenvalue weighted by Crippen LogP contribution is 2.37. The van der Waals surface area contributed by atoms with Gasteiger partial charge in [-0.2, -0.15) is 0 Å². The fraction of sp³-hybridized carbons (Fsp3) is 0.268. The van der Waals surface area contributed by atoms with Crippen molar-refractivity contribution in [3.8, 4) is 0 Å². The van der Waals surface area contributed by atoms with Crippen LogP contribution in [0, 0.1) is 0 Å². The quantitative estimate of drug-likeness (QED) is 0.0406. The highest BCUT2D eigenvalue weighted by atomic mass is 16.7. The van der Waals surface area contributed by atoms with Crippen LogP contribution in [-0.2, 0) is 85.6 Å². The largest absolute Gasteiger partial charge is 0.428 e. The van der Waals surface area contributed by atoms with Gasteiger partial charge in [-0.15, -0.1) is 0 Å². The maximum atomic E-state index is 11.6. The van der Waals surface area contributed by atoms with E-state index in [1.807, 2.05) is 307 Å². The molecule has 6 unspecified atom stereocenters. The Bertz CT molecular complexity index is 5730. The molecule has 0 bridgehead atoms. The molecule has 130 heavy (non-hydrogen) atoms. The Hall–Kier alpha value is -13.3. The standard InChI is InChI=1S/4C20H20O3.2C16H18O3/c2*1-13(2)11-16-12-19(21)23-20(16)22-14(3)17-10-6-8-15-7-4-5-9-18(15)17;2*1-13(2)10-18-12-19(21)23-20(18)22-14(3)16-9-8-15-6-4-5-7-17(15)11-16;2*1-11(2)9-14-10-15(17)19-16(14)18-12(3)13-7-5-4-6-8-13/h4*4-12,14,20H,1-3H3;2*4-10,12,16H,1-3H3/t4*14-,20?;2*12-,16?/m101010/s1. The molecule has 0 fully saturated rings. The zero-order valence-electron chi connectivity index (χ0n) is 77.1. The summed E-state index contributed by atoms with van der Waals surface area (Å²) in [5, 5.41) is 9.38. The Morgan fingerprint density at radius 1 is 0.223 bits per heavy atom. The number of allylic oxidation sites excluding steroid dienone is 6. The molecule has 0 amide bonds. The number of hydrogen-bond donors (Lipinski definition) is 0. The van der Waals surface area contributed by atoms with Gasteiger partial charge < -0.3 is 56.8 Å². The third kappa shape index (κ3) is 28.3. The molecule has 0 saturated carbocycles. The highest BCUT2D eigenvalue weighted by Gasteiger charge is 2.34. The van der Waals surface area contributed by atoms with Crippen LogP contribution < -0.4 is 0 Å². The van der Waals surface area contributed by atoms with Crippen LogP contribution in [0.5, 0.6) is 0 Å². The predicted molar refractivity (Wildman–Crippen MR) is 510 cm³/mol. The smallest absolute Gasteiger partial charge is 0.333 e. The highest BCUT2D eigenvalue weighted by molar-refractivity contribution is 5.91. The lowest BCUT2D eigenvalue weighted by Crippen LogP contribution is -2.18. The molecule has 12 atom stereocenters. The molecular weight excluding hydrogens is 1630 g/mol. The van der Waals surface area contributed by atoms with Crippen molar-refractivity contribution < 1.29 is 85.6 Å². The van der Waals surface area contributed by atoms with Gasteiger partial charge >= 0.3 is 35.8 Å². The van der Waals surface area contributed by atoms with Gasteiger partial charge in [0.15, 0.2) is 0 Å². The molecule has 16 rings (SSSR count). The topological polar surface area (TPSA) is 213 Å². The third-order valence-corrected chi connectivity index (χ3v) is 20.9. The summed E-state index contributed by atoms with van der Waals surface area (Å²) in [6.45, 7) is 35.5. The van der Waals surface area contributed by atoms with E-state index in [1.54, 1.807) is 0 Å². The Balaban J connectivity index is 0.000000151. The minimum atomic E-state index is -0.647. The van der Waals surface area contributed by atoms with Crippen LogP contribution in [0.4, 0.5) is 0 Å². The van der Waals surface area contributed by atoms with Crippen molar-refractivity contribution in [2.75, 3.05) is 0 Å². The van der Waals surface area contributed by atoms with Crippen LogP contribution in [0.15, 0.2) is 370 Å². The molecule has 10 aromatic carbocycles. The number of fused-ring (bicyclic) bond motifs is 4. The van der Waals surface area contributed by atoms with Crippen molar-refractivity contribution in [3.63, 3.8) is 0 Å². The van der Waals surface area contributed by atoms with Gasteiger partial charge in [-0.1, -0.05) is 288 Å². The molecule has 10 aromatic rings. The average molecular weight is 1750 g/mol. The molecule has 0 saturated heterocycles. The number of esters is 6. The molecule has 0 aliphatic carbocycles. The number of rotatable bonds is 24. The number of carbonyl (C=O) groups excluding carboxylic acids is 6. The van der Waals surface area contributed by atoms with Gasteiger partial charge in [0.1, 0.15) is 0 Å². The van der Waals surface area contributed by atoms with E-state index in [-0.39, 0.29) is 72.4 Å². The second-order valence-electron chi connectivity index (χ2n) is 33.7. The molecule has 6 aliphatic rings. The Kier molecular flexibility index (Phi) is 34.9. The minimum absolute atomic E-state index is 0.133. The molecule has 0 N–H and O–H groups in total. The Morgan fingerprint density at radius 3 is 0.685 bits per heavy atom. The number of carbonyl (C=O) groups is 6. The zero-order chi connectivity index (χ0) is 93.2. The monoisotopic (exact) mass is 1750 g/mol. The fourth-order valence-electron chi connectivity index (χ4n) is 14.9. The normalized spacial score (nSPS) is 18.8. The number of hydrogen-bond acceptors (Lipinski definition) is 18. The second-order valence-corrected chi connectivity index (χ2v) is 33.7. The van der Waals surface area contributed by atoms with Gasteiger partial charge in [-0.05, 0) is 213 Å². The summed E-state index contributed by atoms with van der Waals surface area (Å²) in [5.74, 6) is -2.11. The van der Waals surface area contributed by atoms with Crippen molar-refractivity contribution in [1.82, 2.24) is 0 Å². The van der Waals surface area contributed by atoms with Gasteiger partial charge in [0.25, 0.3) is 0 Å². The van der Waals surface area contributed by atoms with Gasteiger partial charge in [0.05, 0.1) is 36.6 Å². The first-order valence-corrected chi connectivity index (χ1v) is 43.6. The Labute approximate surface area is 762 Å². The molecule has 18 nitrogen and oxygen atoms in total. The van der Waals surface area contributed by atoms with Crippen molar-refractivity contribution in [1.29, 1.82) is 0 Å². The van der Waals surface area contributed by atoms with Gasteiger partial charge in [-0.25, -0.2) is 28.8 Å². The van der Waals surface area contributed by atoms with Crippen LogP contribution in [-0.4, -0.2) is 73.6 Å². The zero-order valence-corrected chi connectivity index (χ0v) is 77.1. The van der Waals surface area contributed by atoms with E-state index in [0.29, 0.717) is 0 Å². The molecule has 6 heterocycles. The van der Waals surface area contributed by atoms with E-state index in [1.165, 1.54) is 68.8 Å². The van der Waals surface area contributed by atoms with Crippen LogP contribution in [0.1, 0.15) is 195 Å². The van der Waals surface area contributed by atoms with E-state index >= 15 is 0 Å². The SMILES string of the molecule is CC(C)=CC1=CC(=O)OC1O[C@@H](C)c1ccc2ccccc2c1.CC(C)=CC1=CC(=O)OC1O[C@@H](C)c1cccc2ccccc12.CC(C)=CC1=CC(=O)OC1O[C@@H](C)c1ccccc1.CC(C)=CC1=CC(=O)OC1O[C@H](C)c1ccc2ccccc2c1.CC(C)=CC1=CC(=O)OC1O[C@H](C)c1cccc2ccccc12.CC(C)=CC1=CC(=O)OC1O[C@H](C)c1ccccc1. The van der Waals surface area contributed by atoms with Gasteiger partial charge in [-0.3, -0.25) is 0 Å². The fourth-order valence-corrected chi connectivity index (χ4v) is 14.9. The number of benzene rings is 10. The maximum absolute atomic E-state index is 11.6. The van der Waals surface area contributed by atoms with Crippen LogP contribution >= 0.6 is 0 Å². The predicted octanol–water partition coefficient (Wildman–Crippen LogP) is 25.9. The lowest BCUT2D eigenvalue weighted by Gasteiger charge is -2.21. The van der Waals surface area contributed by atoms with E-state index < -0.39 is 37.7 Å². The average Bonchev–Trinajstić information content (AvgIpc) is 1.23. The molecule has 0 spiro atoms. The minimum Gasteiger partial charge on any atom is -0.428 e. The summed E-state index contributed by atoms with van der Waals surface area (Å²) in [6.07, 6.45) is 15.6. The molecule has 18 heteroatoms. The number of cyclic esters (lactones) is 6. The van der Waals surface area contributed by atoms with E-state index in [0.717, 1.165) is 111 Å². The van der Waals surface area contributed by atoms with E-state index in [9.17, 15) is 28.8 Å². The summed E-state index contributed by atoms with van der Waals surface area (Å²) < 4.78 is 67.1. The molecule has 0 radical (unpaired) electrons. The summed E-state index contributed by atoms with van der Waals surface area (Å²) in [7, 11) is 0. The summed E-state index contributed by atoms with van der Waals surface area (Å²) in [5.41, 5.74) is 17.6. The lowest BCUT2D eigenvalue weighted by atomic mass is 10.0. The van der Waals surface area contributed by atoms with Crippen molar-refractivity contribution >= 4 is 78.9 Å². The summed E-state index contributed by atoms with van der Waals surface area (Å²) in [6, 6.07) is 77.3. The van der Waals surface area contributed by atoms with Gasteiger partial charge in [0.2, 0.25) is 37.7 Å². The maximum Gasteiger partial charge on any atom is 0.333 e. The first kappa shape index (κ1) is 97.3.